The minimum absolute atomic E-state index is 0.0167. The number of benzene rings is 2. The van der Waals surface area contributed by atoms with Crippen molar-refractivity contribution in [2.75, 3.05) is 11.9 Å². The fourth-order valence-electron chi connectivity index (χ4n) is 4.05. The summed E-state index contributed by atoms with van der Waals surface area (Å²) in [7, 11) is 0. The van der Waals surface area contributed by atoms with Crippen LogP contribution in [0.2, 0.25) is 0 Å². The Labute approximate surface area is 190 Å². The van der Waals surface area contributed by atoms with Crippen LogP contribution in [0.25, 0.3) is 11.0 Å². The van der Waals surface area contributed by atoms with Crippen molar-refractivity contribution >= 4 is 28.5 Å². The lowest BCUT2D eigenvalue weighted by molar-refractivity contribution is -0.123. The fraction of sp³-hybridized carbons (Fsp3) is 0.200. The van der Waals surface area contributed by atoms with E-state index in [1.165, 1.54) is 0 Å². The normalized spacial score (nSPS) is 15.1. The van der Waals surface area contributed by atoms with Gasteiger partial charge in [0.1, 0.15) is 0 Å². The van der Waals surface area contributed by atoms with Crippen LogP contribution in [0.1, 0.15) is 40.4 Å². The number of hydrogen-bond acceptors (Lipinski definition) is 5. The third-order valence-electron chi connectivity index (χ3n) is 6.20. The molecule has 1 aliphatic carbocycles. The number of carbonyl (C=O) groups is 2. The zero-order valence-electron chi connectivity index (χ0n) is 17.9. The molecule has 0 spiro atoms. The van der Waals surface area contributed by atoms with E-state index < -0.39 is 5.41 Å². The van der Waals surface area contributed by atoms with Crippen molar-refractivity contribution in [1.82, 2.24) is 20.5 Å². The molecule has 2 amide bonds. The van der Waals surface area contributed by atoms with Crippen LogP contribution in [-0.4, -0.2) is 33.5 Å². The van der Waals surface area contributed by atoms with Crippen molar-refractivity contribution in [2.45, 2.75) is 24.3 Å². The molecule has 1 unspecified atom stereocenters. The first kappa shape index (κ1) is 20.8. The summed E-state index contributed by atoms with van der Waals surface area (Å²) in [6, 6.07) is 18.3. The molecule has 1 saturated carbocycles. The van der Waals surface area contributed by atoms with Crippen LogP contribution in [0.4, 0.5) is 5.69 Å². The summed E-state index contributed by atoms with van der Waals surface area (Å²) in [4.78, 5) is 29.7. The molecule has 0 aliphatic heterocycles. The van der Waals surface area contributed by atoms with E-state index in [2.05, 4.69) is 25.8 Å². The van der Waals surface area contributed by atoms with Gasteiger partial charge in [-0.15, -0.1) is 0 Å². The summed E-state index contributed by atoms with van der Waals surface area (Å²) < 4.78 is 0. The average Bonchev–Trinajstić information content (AvgIpc) is 3.53. The Hall–Kier alpha value is -4.04. The summed E-state index contributed by atoms with van der Waals surface area (Å²) in [5, 5.41) is 13.4. The predicted molar refractivity (Wildman–Crippen MR) is 126 cm³/mol. The molecular weight excluding hydrogens is 416 g/mol. The maximum absolute atomic E-state index is 12.8. The molecule has 33 heavy (non-hydrogen) atoms. The zero-order valence-corrected chi connectivity index (χ0v) is 17.9. The van der Waals surface area contributed by atoms with E-state index >= 15 is 0 Å². The molecule has 2 aromatic heterocycles. The lowest BCUT2D eigenvalue weighted by Gasteiger charge is -2.19. The van der Waals surface area contributed by atoms with Gasteiger partial charge >= 0.3 is 0 Å². The highest BCUT2D eigenvalue weighted by Gasteiger charge is 2.51. The number of nitrogens with zero attached hydrogens (tertiary/aromatic N) is 2. The number of nitrogens with one attached hydrogen (secondary N) is 3. The Balaban J connectivity index is 1.20. The smallest absolute Gasteiger partial charge is 0.255 e. The van der Waals surface area contributed by atoms with Gasteiger partial charge in [-0.2, -0.15) is 5.10 Å². The first-order valence-corrected chi connectivity index (χ1v) is 10.9. The summed E-state index contributed by atoms with van der Waals surface area (Å²) in [6.07, 6.45) is 4.93. The van der Waals surface area contributed by atoms with Crippen LogP contribution >= 0.6 is 0 Å². The van der Waals surface area contributed by atoms with E-state index in [4.69, 9.17) is 5.73 Å². The Morgan fingerprint density at radius 3 is 2.55 bits per heavy atom. The quantitative estimate of drug-likeness (QED) is 0.351. The number of aromatic nitrogens is 3. The van der Waals surface area contributed by atoms with Gasteiger partial charge in [0.15, 0.2) is 5.65 Å². The molecule has 0 radical (unpaired) electrons. The van der Waals surface area contributed by atoms with Gasteiger partial charge in [-0.05, 0) is 42.2 Å². The van der Waals surface area contributed by atoms with Gasteiger partial charge in [-0.1, -0.05) is 42.5 Å². The number of pyridine rings is 1. The second kappa shape index (κ2) is 8.48. The topological polar surface area (TPSA) is 126 Å². The van der Waals surface area contributed by atoms with Gasteiger partial charge in [0.25, 0.3) is 5.91 Å². The number of fused-ring (bicyclic) bond motifs is 1. The van der Waals surface area contributed by atoms with E-state index in [9.17, 15) is 9.59 Å². The second-order valence-electron chi connectivity index (χ2n) is 8.33. The monoisotopic (exact) mass is 440 g/mol. The van der Waals surface area contributed by atoms with Crippen molar-refractivity contribution in [1.29, 1.82) is 0 Å². The highest BCUT2D eigenvalue weighted by atomic mass is 16.2. The third-order valence-corrected chi connectivity index (χ3v) is 6.20. The predicted octanol–water partition coefficient (Wildman–Crippen LogP) is 3.06. The average molecular weight is 441 g/mol. The summed E-state index contributed by atoms with van der Waals surface area (Å²) >= 11 is 0. The van der Waals surface area contributed by atoms with Crippen molar-refractivity contribution < 1.29 is 9.59 Å². The van der Waals surface area contributed by atoms with E-state index in [1.807, 2.05) is 42.5 Å². The largest absolute Gasteiger partial charge is 0.353 e. The number of carbonyl (C=O) groups excluding carboxylic acids is 2. The molecule has 5 N–H and O–H groups in total. The molecule has 166 valence electrons. The van der Waals surface area contributed by atoms with Gasteiger partial charge in [0, 0.05) is 24.3 Å². The Morgan fingerprint density at radius 1 is 1.06 bits per heavy atom. The lowest BCUT2D eigenvalue weighted by Crippen LogP contribution is -2.38. The molecule has 2 heterocycles. The molecule has 5 rings (SSSR count). The maximum atomic E-state index is 12.8. The van der Waals surface area contributed by atoms with Crippen molar-refractivity contribution in [3.05, 3.63) is 89.7 Å². The van der Waals surface area contributed by atoms with Crippen LogP contribution in [0.3, 0.4) is 0 Å². The van der Waals surface area contributed by atoms with Crippen molar-refractivity contribution in [2.24, 2.45) is 5.73 Å². The summed E-state index contributed by atoms with van der Waals surface area (Å²) in [6.45, 7) is 0.328. The van der Waals surface area contributed by atoms with Crippen LogP contribution in [0, 0.1) is 0 Å². The van der Waals surface area contributed by atoms with Crippen molar-refractivity contribution in [3.8, 4) is 0 Å². The lowest BCUT2D eigenvalue weighted by atomic mass is 9.95. The van der Waals surface area contributed by atoms with E-state index in [1.54, 1.807) is 30.6 Å². The minimum Gasteiger partial charge on any atom is -0.353 e. The second-order valence-corrected chi connectivity index (χ2v) is 8.33. The van der Waals surface area contributed by atoms with Gasteiger partial charge in [-0.25, -0.2) is 4.98 Å². The molecule has 1 aliphatic rings. The fourth-order valence-corrected chi connectivity index (χ4v) is 4.05. The van der Waals surface area contributed by atoms with Crippen LogP contribution in [-0.2, 0) is 10.2 Å². The molecule has 8 heteroatoms. The van der Waals surface area contributed by atoms with Gasteiger partial charge in [-0.3, -0.25) is 14.7 Å². The molecule has 0 bridgehead atoms. The van der Waals surface area contributed by atoms with E-state index in [0.29, 0.717) is 23.4 Å². The van der Waals surface area contributed by atoms with Gasteiger partial charge in [0.2, 0.25) is 5.91 Å². The zero-order chi connectivity index (χ0) is 22.8. The number of rotatable bonds is 7. The number of nitrogens with two attached hydrogens (primary N) is 1. The standard InChI is InChI=1S/C25H24N6O2/c26-20(15-28-24(33)25(11-12-25)18-4-2-1-3-5-18)16-6-8-17(9-7-16)23(32)30-21-10-13-27-22-19(21)14-29-31-22/h1-10,13-14,20H,11-12,15,26H2,(H,28,33)(H2,27,29,30,31,32). The van der Waals surface area contributed by atoms with E-state index in [0.717, 1.165) is 29.4 Å². The third kappa shape index (κ3) is 4.08. The minimum atomic E-state index is -0.420. The molecule has 4 aromatic rings. The summed E-state index contributed by atoms with van der Waals surface area (Å²) in [5.41, 5.74) is 9.53. The number of H-pyrrole nitrogens is 1. The van der Waals surface area contributed by atoms with Gasteiger partial charge in [0.05, 0.1) is 22.7 Å². The Bertz CT molecular complexity index is 1300. The Morgan fingerprint density at radius 2 is 1.82 bits per heavy atom. The summed E-state index contributed by atoms with van der Waals surface area (Å²) in [5.74, 6) is -0.223. The number of hydrogen-bond donors (Lipinski definition) is 4. The van der Waals surface area contributed by atoms with E-state index in [-0.39, 0.29) is 17.9 Å². The molecule has 8 nitrogen and oxygen atoms in total. The van der Waals surface area contributed by atoms with Gasteiger partial charge < -0.3 is 16.4 Å². The highest BCUT2D eigenvalue weighted by Crippen LogP contribution is 2.48. The maximum Gasteiger partial charge on any atom is 0.255 e. The molecular formula is C25H24N6O2. The number of aromatic amines is 1. The SMILES string of the molecule is NC(CNC(=O)C1(c2ccccc2)CC1)c1ccc(C(=O)Nc2ccnc3[nH]ncc23)cc1. The highest BCUT2D eigenvalue weighted by molar-refractivity contribution is 6.08. The van der Waals surface area contributed by atoms with Crippen LogP contribution in [0.5, 0.6) is 0 Å². The molecule has 1 atom stereocenters. The van der Waals surface area contributed by atoms with Crippen LogP contribution in [0.15, 0.2) is 73.1 Å². The van der Waals surface area contributed by atoms with Crippen LogP contribution < -0.4 is 16.4 Å². The molecule has 2 aromatic carbocycles. The molecule has 0 saturated heterocycles. The first-order valence-electron chi connectivity index (χ1n) is 10.9. The van der Waals surface area contributed by atoms with Crippen molar-refractivity contribution in [3.63, 3.8) is 0 Å². The number of amides is 2. The molecule has 1 fully saturated rings. The number of anilines is 1. The first-order chi connectivity index (χ1) is 16.1. The Kier molecular flexibility index (Phi) is 5.35.